The third-order valence-electron chi connectivity index (χ3n) is 5.06. The maximum atomic E-state index is 13.1. The van der Waals surface area contributed by atoms with Crippen molar-refractivity contribution in [3.05, 3.63) is 63.9 Å². The zero-order valence-electron chi connectivity index (χ0n) is 16.9. The summed E-state index contributed by atoms with van der Waals surface area (Å²) in [7, 11) is 0. The van der Waals surface area contributed by atoms with Gasteiger partial charge in [-0.1, -0.05) is 31.0 Å². The van der Waals surface area contributed by atoms with Crippen LogP contribution in [0.3, 0.4) is 0 Å². The number of carbonyl (C=O) groups excluding carboxylic acids is 2. The van der Waals surface area contributed by atoms with Gasteiger partial charge in [0.2, 0.25) is 0 Å². The Balaban J connectivity index is 1.80. The summed E-state index contributed by atoms with van der Waals surface area (Å²) in [5.41, 5.74) is 2.35. The molecule has 1 atom stereocenters. The molecule has 0 spiro atoms. The highest BCUT2D eigenvalue weighted by atomic mass is 35.5. The Morgan fingerprint density at radius 3 is 2.73 bits per heavy atom. The number of ether oxygens (including phenoxy) is 1. The zero-order valence-corrected chi connectivity index (χ0v) is 18.5. The molecule has 30 heavy (non-hydrogen) atoms. The number of ketones is 1. The first-order chi connectivity index (χ1) is 14.5. The van der Waals surface area contributed by atoms with Gasteiger partial charge in [0, 0.05) is 17.0 Å². The fraction of sp³-hybridized carbons (Fsp3) is 0.391. The highest BCUT2D eigenvalue weighted by Gasteiger charge is 2.29. The highest BCUT2D eigenvalue weighted by Crippen LogP contribution is 2.37. The van der Waals surface area contributed by atoms with Gasteiger partial charge in [0.1, 0.15) is 5.82 Å². The van der Waals surface area contributed by atoms with Gasteiger partial charge in [0.15, 0.2) is 5.78 Å². The minimum atomic E-state index is -0.399. The predicted molar refractivity (Wildman–Crippen MR) is 118 cm³/mol. The van der Waals surface area contributed by atoms with Crippen molar-refractivity contribution in [2.45, 2.75) is 37.0 Å². The van der Waals surface area contributed by atoms with Crippen molar-refractivity contribution in [3.63, 3.8) is 0 Å². The van der Waals surface area contributed by atoms with Crippen molar-refractivity contribution in [1.29, 1.82) is 0 Å². The van der Waals surface area contributed by atoms with Crippen LogP contribution in [0.15, 0.2) is 41.3 Å². The van der Waals surface area contributed by atoms with Crippen molar-refractivity contribution >= 4 is 35.1 Å². The Morgan fingerprint density at radius 1 is 1.23 bits per heavy atom. The molecule has 3 rings (SSSR count). The normalized spacial score (nSPS) is 15.9. The Morgan fingerprint density at radius 2 is 2.00 bits per heavy atom. The number of hydrogen-bond acceptors (Lipinski definition) is 5. The average Bonchev–Trinajstić information content (AvgIpc) is 2.96. The largest absolute Gasteiger partial charge is 0.465 e. The number of Topliss-reactive ketones (excluding diaryl/α,β-unsaturated/α-hetero) is 1. The van der Waals surface area contributed by atoms with Gasteiger partial charge in [0.05, 0.1) is 23.3 Å². The van der Waals surface area contributed by atoms with Crippen LogP contribution in [-0.2, 0) is 16.0 Å². The maximum Gasteiger partial charge on any atom is 0.314 e. The van der Waals surface area contributed by atoms with E-state index in [9.17, 15) is 14.0 Å². The molecule has 0 amide bonds. The Labute approximate surface area is 185 Å². The summed E-state index contributed by atoms with van der Waals surface area (Å²) in [6.45, 7) is 3.70. The lowest BCUT2D eigenvalue weighted by molar-refractivity contribution is -0.145. The van der Waals surface area contributed by atoms with Gasteiger partial charge in [-0.3, -0.25) is 9.59 Å². The van der Waals surface area contributed by atoms with Crippen LogP contribution in [0.4, 0.5) is 4.39 Å². The summed E-state index contributed by atoms with van der Waals surface area (Å²) in [6, 6.07) is 9.19. The molecule has 4 nitrogen and oxygen atoms in total. The number of thioether (sulfide) groups is 1. The summed E-state index contributed by atoms with van der Waals surface area (Å²) in [5, 5.41) is 3.86. The average molecular weight is 450 g/mol. The highest BCUT2D eigenvalue weighted by molar-refractivity contribution is 8.00. The maximum absolute atomic E-state index is 13.1. The second-order valence-corrected chi connectivity index (χ2v) is 8.58. The number of fused-ring (bicyclic) bond motifs is 1. The fourth-order valence-corrected chi connectivity index (χ4v) is 4.79. The molecule has 0 fully saturated rings. The molecule has 7 heteroatoms. The predicted octanol–water partition coefficient (Wildman–Crippen LogP) is 5.03. The van der Waals surface area contributed by atoms with Crippen LogP contribution in [-0.4, -0.2) is 37.2 Å². The van der Waals surface area contributed by atoms with Crippen molar-refractivity contribution in [2.24, 2.45) is 0 Å². The molecule has 0 saturated carbocycles. The summed E-state index contributed by atoms with van der Waals surface area (Å²) >= 11 is 7.83. The first-order valence-corrected chi connectivity index (χ1v) is 11.5. The van der Waals surface area contributed by atoms with Gasteiger partial charge in [-0.15, -0.1) is 11.8 Å². The van der Waals surface area contributed by atoms with E-state index in [2.05, 4.69) is 12.2 Å². The SMILES string of the molecule is CCCCOC(=O)C1CNCCc2c1ccc(Cl)c2SCC(=O)c1ccc(F)cc1. The molecule has 0 bridgehead atoms. The van der Waals surface area contributed by atoms with Crippen molar-refractivity contribution in [2.75, 3.05) is 25.4 Å². The van der Waals surface area contributed by atoms with E-state index >= 15 is 0 Å². The van der Waals surface area contributed by atoms with Crippen LogP contribution in [0.1, 0.15) is 47.2 Å². The number of unbranched alkanes of at least 4 members (excludes halogenated alkanes) is 1. The lowest BCUT2D eigenvalue weighted by Gasteiger charge is -2.19. The molecule has 0 aromatic heterocycles. The van der Waals surface area contributed by atoms with Crippen molar-refractivity contribution in [3.8, 4) is 0 Å². The Bertz CT molecular complexity index is 904. The minimum absolute atomic E-state index is 0.101. The standard InChI is InChI=1S/C23H25ClFNO3S/c1-2-3-12-29-23(28)19-13-26-11-10-18-17(19)8-9-20(24)22(18)30-14-21(27)15-4-6-16(25)7-5-15/h4-9,19,26H,2-3,10-14H2,1H3. The molecule has 1 aliphatic heterocycles. The first kappa shape index (κ1) is 22.8. The van der Waals surface area contributed by atoms with E-state index in [0.717, 1.165) is 28.9 Å². The number of esters is 1. The van der Waals surface area contributed by atoms with E-state index in [0.29, 0.717) is 36.7 Å². The van der Waals surface area contributed by atoms with E-state index in [1.165, 1.54) is 36.0 Å². The fourth-order valence-electron chi connectivity index (χ4n) is 3.41. The van der Waals surface area contributed by atoms with Crippen LogP contribution in [0.5, 0.6) is 0 Å². The van der Waals surface area contributed by atoms with E-state index in [4.69, 9.17) is 16.3 Å². The molecule has 0 aliphatic carbocycles. The van der Waals surface area contributed by atoms with Gasteiger partial charge >= 0.3 is 5.97 Å². The van der Waals surface area contributed by atoms with Crippen LogP contribution in [0.2, 0.25) is 5.02 Å². The lowest BCUT2D eigenvalue weighted by atomic mass is 9.94. The number of rotatable bonds is 8. The molecule has 0 saturated heterocycles. The molecule has 1 N–H and O–H groups in total. The number of nitrogens with one attached hydrogen (secondary N) is 1. The van der Waals surface area contributed by atoms with Crippen LogP contribution in [0, 0.1) is 5.82 Å². The minimum Gasteiger partial charge on any atom is -0.465 e. The molecule has 1 unspecified atom stereocenters. The van der Waals surface area contributed by atoms with Gasteiger partial charge in [-0.05, 0) is 60.8 Å². The summed E-state index contributed by atoms with van der Waals surface area (Å²) in [6.07, 6.45) is 2.51. The van der Waals surface area contributed by atoms with Crippen LogP contribution >= 0.6 is 23.4 Å². The van der Waals surface area contributed by atoms with Crippen molar-refractivity contribution in [1.82, 2.24) is 5.32 Å². The monoisotopic (exact) mass is 449 g/mol. The van der Waals surface area contributed by atoms with Gasteiger partial charge < -0.3 is 10.1 Å². The van der Waals surface area contributed by atoms with Gasteiger partial charge in [-0.2, -0.15) is 0 Å². The zero-order chi connectivity index (χ0) is 21.5. The van der Waals surface area contributed by atoms with E-state index in [1.807, 2.05) is 6.07 Å². The molecule has 160 valence electrons. The Hall–Kier alpha value is -1.89. The molecule has 1 heterocycles. The van der Waals surface area contributed by atoms with Crippen molar-refractivity contribution < 1.29 is 18.7 Å². The molecule has 0 radical (unpaired) electrons. The van der Waals surface area contributed by atoms with Gasteiger partial charge in [-0.25, -0.2) is 4.39 Å². The van der Waals surface area contributed by atoms with E-state index in [-0.39, 0.29) is 23.3 Å². The summed E-state index contributed by atoms with van der Waals surface area (Å²) in [4.78, 5) is 26.0. The van der Waals surface area contributed by atoms with Crippen LogP contribution < -0.4 is 5.32 Å². The molecule has 2 aromatic carbocycles. The second-order valence-electron chi connectivity index (χ2n) is 7.19. The molecular weight excluding hydrogens is 425 g/mol. The van der Waals surface area contributed by atoms with Crippen LogP contribution in [0.25, 0.3) is 0 Å². The molecular formula is C23H25ClFNO3S. The first-order valence-electron chi connectivity index (χ1n) is 10.1. The van der Waals surface area contributed by atoms with E-state index in [1.54, 1.807) is 6.07 Å². The molecule has 1 aliphatic rings. The second kappa shape index (κ2) is 10.9. The summed E-state index contributed by atoms with van der Waals surface area (Å²) in [5.74, 6) is -0.930. The number of halogens is 2. The smallest absolute Gasteiger partial charge is 0.314 e. The Kier molecular flexibility index (Phi) is 8.31. The topological polar surface area (TPSA) is 55.4 Å². The molecule has 2 aromatic rings. The number of benzene rings is 2. The quantitative estimate of drug-likeness (QED) is 0.265. The number of hydrogen-bond donors (Lipinski definition) is 1. The third kappa shape index (κ3) is 5.62. The third-order valence-corrected chi connectivity index (χ3v) is 6.65. The summed E-state index contributed by atoms with van der Waals surface area (Å²) < 4.78 is 18.6. The van der Waals surface area contributed by atoms with E-state index < -0.39 is 5.92 Å². The lowest BCUT2D eigenvalue weighted by Crippen LogP contribution is -2.27. The number of carbonyl (C=O) groups is 2. The van der Waals surface area contributed by atoms with Gasteiger partial charge in [0.25, 0.3) is 0 Å².